The number of nitrogens with one attached hydrogen (secondary N) is 2. The fourth-order valence-corrected chi connectivity index (χ4v) is 3.60. The van der Waals surface area contributed by atoms with E-state index in [0.717, 1.165) is 50.4 Å². The Hall–Kier alpha value is -4.40. The third-order valence-corrected chi connectivity index (χ3v) is 5.01. The number of aromatic amines is 2. The summed E-state index contributed by atoms with van der Waals surface area (Å²) in [4.78, 5) is 25.3. The zero-order valence-corrected chi connectivity index (χ0v) is 15.9. The highest BCUT2D eigenvalue weighted by Gasteiger charge is 2.15. The van der Waals surface area contributed by atoms with E-state index in [0.29, 0.717) is 5.69 Å². The number of rotatable bonds is 3. The maximum absolute atomic E-state index is 4.55. The van der Waals surface area contributed by atoms with Crippen molar-refractivity contribution in [2.45, 2.75) is 6.92 Å². The van der Waals surface area contributed by atoms with Crippen molar-refractivity contribution in [2.75, 3.05) is 0 Å². The molecule has 0 fully saturated rings. The number of hydrogen-bond acceptors (Lipinski definition) is 6. The lowest BCUT2D eigenvalue weighted by Crippen LogP contribution is -1.94. The Morgan fingerprint density at radius 3 is 2.67 bits per heavy atom. The Morgan fingerprint density at radius 1 is 0.867 bits per heavy atom. The Kier molecular flexibility index (Phi) is 3.48. The third kappa shape index (κ3) is 2.56. The van der Waals surface area contributed by atoms with Gasteiger partial charge in [-0.1, -0.05) is 0 Å². The second kappa shape index (κ2) is 6.31. The van der Waals surface area contributed by atoms with Crippen LogP contribution in [0.5, 0.6) is 0 Å². The first-order chi connectivity index (χ1) is 14.8. The van der Waals surface area contributed by atoms with E-state index in [1.165, 1.54) is 0 Å². The van der Waals surface area contributed by atoms with Gasteiger partial charge in [-0.2, -0.15) is 5.10 Å². The van der Waals surface area contributed by atoms with E-state index in [4.69, 9.17) is 0 Å². The molecule has 6 rings (SSSR count). The number of imidazole rings is 1. The number of aryl methyl sites for hydroxylation is 1. The Balaban J connectivity index is 1.52. The molecular formula is C21H15N9. The maximum Gasteiger partial charge on any atom is 0.147 e. The maximum atomic E-state index is 4.55. The van der Waals surface area contributed by atoms with Gasteiger partial charge in [-0.05, 0) is 25.1 Å². The van der Waals surface area contributed by atoms with Crippen LogP contribution in [0.2, 0.25) is 0 Å². The van der Waals surface area contributed by atoms with Gasteiger partial charge in [0.05, 0.1) is 40.5 Å². The van der Waals surface area contributed by atoms with Crippen molar-refractivity contribution in [2.24, 2.45) is 0 Å². The third-order valence-electron chi connectivity index (χ3n) is 5.01. The summed E-state index contributed by atoms with van der Waals surface area (Å²) in [5.74, 6) is 0.817. The molecule has 0 spiro atoms. The lowest BCUT2D eigenvalue weighted by atomic mass is 10.1. The predicted molar refractivity (Wildman–Crippen MR) is 112 cm³/mol. The van der Waals surface area contributed by atoms with Gasteiger partial charge in [0.15, 0.2) is 0 Å². The summed E-state index contributed by atoms with van der Waals surface area (Å²) in [6.45, 7) is 1.96. The Morgan fingerprint density at radius 2 is 1.83 bits per heavy atom. The molecule has 2 N–H and O–H groups in total. The van der Waals surface area contributed by atoms with Crippen molar-refractivity contribution in [1.82, 2.24) is 44.7 Å². The van der Waals surface area contributed by atoms with Crippen LogP contribution in [0.25, 0.3) is 50.4 Å². The topological polar surface area (TPSA) is 114 Å². The number of H-pyrrole nitrogens is 2. The Bertz CT molecular complexity index is 1510. The minimum absolute atomic E-state index is 0.713. The number of aromatic nitrogens is 9. The fourth-order valence-electron chi connectivity index (χ4n) is 3.60. The fraction of sp³-hybridized carbons (Fsp3) is 0.0476. The van der Waals surface area contributed by atoms with Crippen molar-refractivity contribution in [1.29, 1.82) is 0 Å². The van der Waals surface area contributed by atoms with Gasteiger partial charge < -0.3 is 4.98 Å². The van der Waals surface area contributed by atoms with E-state index in [1.54, 1.807) is 37.3 Å². The molecule has 0 radical (unpaired) electrons. The van der Waals surface area contributed by atoms with Crippen molar-refractivity contribution in [3.63, 3.8) is 0 Å². The molecule has 0 aliphatic rings. The monoisotopic (exact) mass is 393 g/mol. The molecule has 30 heavy (non-hydrogen) atoms. The molecule has 9 nitrogen and oxygen atoms in total. The van der Waals surface area contributed by atoms with Crippen LogP contribution in [-0.2, 0) is 0 Å². The average molecular weight is 393 g/mol. The molecule has 9 heteroatoms. The van der Waals surface area contributed by atoms with Crippen LogP contribution in [0.1, 0.15) is 5.69 Å². The van der Waals surface area contributed by atoms with Crippen molar-refractivity contribution in [3.8, 4) is 28.6 Å². The predicted octanol–water partition coefficient (Wildman–Crippen LogP) is 3.45. The highest BCUT2D eigenvalue weighted by molar-refractivity contribution is 5.98. The molecule has 0 saturated carbocycles. The molecule has 0 atom stereocenters. The molecular weight excluding hydrogens is 378 g/mol. The first-order valence-corrected chi connectivity index (χ1v) is 9.36. The largest absolute Gasteiger partial charge is 0.353 e. The van der Waals surface area contributed by atoms with Crippen LogP contribution in [0.3, 0.4) is 0 Å². The highest BCUT2D eigenvalue weighted by Crippen LogP contribution is 2.31. The number of fused-ring (bicyclic) bond motifs is 2. The van der Waals surface area contributed by atoms with Crippen LogP contribution in [0.4, 0.5) is 0 Å². The van der Waals surface area contributed by atoms with Gasteiger partial charge in [-0.3, -0.25) is 24.6 Å². The van der Waals surface area contributed by atoms with Crippen molar-refractivity contribution in [3.05, 3.63) is 67.4 Å². The lowest BCUT2D eigenvalue weighted by Gasteiger charge is -2.01. The molecule has 6 heterocycles. The SMILES string of the molecule is Cc1cn(-c2nccc3[nH]c(-c4n[nH]c5cnc(-c6cnccn6)cc45)cc23)cn1. The summed E-state index contributed by atoms with van der Waals surface area (Å²) >= 11 is 0. The second-order valence-corrected chi connectivity index (χ2v) is 6.98. The molecule has 0 bridgehead atoms. The zero-order chi connectivity index (χ0) is 20.1. The molecule has 0 unspecified atom stereocenters. The van der Waals surface area contributed by atoms with Crippen LogP contribution < -0.4 is 0 Å². The van der Waals surface area contributed by atoms with Crippen molar-refractivity contribution >= 4 is 21.8 Å². The molecule has 0 amide bonds. The summed E-state index contributed by atoms with van der Waals surface area (Å²) < 4.78 is 1.92. The van der Waals surface area contributed by atoms with Crippen molar-refractivity contribution < 1.29 is 0 Å². The Labute approximate surface area is 169 Å². The molecule has 0 saturated heterocycles. The highest BCUT2D eigenvalue weighted by atomic mass is 15.1. The minimum Gasteiger partial charge on any atom is -0.353 e. The first kappa shape index (κ1) is 16.5. The molecule has 0 aliphatic carbocycles. The molecule has 6 aromatic rings. The number of nitrogens with zero attached hydrogens (tertiary/aromatic N) is 7. The smallest absolute Gasteiger partial charge is 0.147 e. The van der Waals surface area contributed by atoms with Gasteiger partial charge in [0.1, 0.15) is 23.5 Å². The molecule has 144 valence electrons. The molecule has 0 aliphatic heterocycles. The van der Waals surface area contributed by atoms with Crippen LogP contribution in [0.15, 0.2) is 61.7 Å². The van der Waals surface area contributed by atoms with E-state index in [9.17, 15) is 0 Å². The molecule has 0 aromatic carbocycles. The number of pyridine rings is 2. The van der Waals surface area contributed by atoms with Crippen LogP contribution in [0, 0.1) is 6.92 Å². The minimum atomic E-state index is 0.713. The summed E-state index contributed by atoms with van der Waals surface area (Å²) in [7, 11) is 0. The van der Waals surface area contributed by atoms with Gasteiger partial charge in [0.2, 0.25) is 0 Å². The normalized spacial score (nSPS) is 11.5. The van der Waals surface area contributed by atoms with Gasteiger partial charge >= 0.3 is 0 Å². The molecule has 6 aromatic heterocycles. The van der Waals surface area contributed by atoms with E-state index in [1.807, 2.05) is 29.8 Å². The number of hydrogen-bond donors (Lipinski definition) is 2. The van der Waals surface area contributed by atoms with Gasteiger partial charge in [-0.25, -0.2) is 9.97 Å². The first-order valence-electron chi connectivity index (χ1n) is 9.36. The zero-order valence-electron chi connectivity index (χ0n) is 15.9. The van der Waals surface area contributed by atoms with E-state index in [2.05, 4.69) is 46.2 Å². The average Bonchev–Trinajstić information content (AvgIpc) is 3.51. The quantitative estimate of drug-likeness (QED) is 0.476. The summed E-state index contributed by atoms with van der Waals surface area (Å²) in [5, 5.41) is 9.53. The lowest BCUT2D eigenvalue weighted by molar-refractivity contribution is 1.01. The second-order valence-electron chi connectivity index (χ2n) is 6.98. The van der Waals surface area contributed by atoms with Gasteiger partial charge in [0.25, 0.3) is 0 Å². The van der Waals surface area contributed by atoms with E-state index in [-0.39, 0.29) is 0 Å². The van der Waals surface area contributed by atoms with Crippen LogP contribution >= 0.6 is 0 Å². The summed E-state index contributed by atoms with van der Waals surface area (Å²) in [6, 6.07) is 5.99. The standard InChI is InChI=1S/C21H15N9/c1-12-10-30(11-26-12)21-14-7-17(27-15(14)2-3-24-21)20-13-6-16(19-8-22-4-5-23-19)25-9-18(13)28-29-20/h2-11,27H,1H3,(H,28,29). The van der Waals surface area contributed by atoms with Crippen LogP contribution in [-0.4, -0.2) is 44.7 Å². The summed E-state index contributed by atoms with van der Waals surface area (Å²) in [5.41, 5.74) is 5.91. The van der Waals surface area contributed by atoms with E-state index < -0.39 is 0 Å². The van der Waals surface area contributed by atoms with Gasteiger partial charge in [0, 0.05) is 35.6 Å². The van der Waals surface area contributed by atoms with E-state index >= 15 is 0 Å². The summed E-state index contributed by atoms with van der Waals surface area (Å²) in [6.07, 6.45) is 12.3. The van der Waals surface area contributed by atoms with Gasteiger partial charge in [-0.15, -0.1) is 0 Å².